The molecule has 2 rings (SSSR count). The summed E-state index contributed by atoms with van der Waals surface area (Å²) in [7, 11) is 1.72. The number of aliphatic hydroxyl groups is 1. The molecular formula is C16H26N2O2. The highest BCUT2D eigenvalue weighted by Crippen LogP contribution is 2.23. The van der Waals surface area contributed by atoms with E-state index in [1.165, 1.54) is 16.7 Å². The summed E-state index contributed by atoms with van der Waals surface area (Å²) in [4.78, 5) is 4.81. The van der Waals surface area contributed by atoms with Gasteiger partial charge in [-0.3, -0.25) is 9.80 Å². The van der Waals surface area contributed by atoms with Crippen LogP contribution in [0.2, 0.25) is 0 Å². The zero-order valence-corrected chi connectivity index (χ0v) is 12.9. The van der Waals surface area contributed by atoms with Crippen LogP contribution in [-0.2, 0) is 6.54 Å². The predicted molar refractivity (Wildman–Crippen MR) is 81.3 cm³/mol. The first-order valence-corrected chi connectivity index (χ1v) is 7.33. The van der Waals surface area contributed by atoms with Gasteiger partial charge in [0.05, 0.1) is 13.7 Å². The Morgan fingerprint density at radius 1 is 1.05 bits per heavy atom. The number of piperazine rings is 1. The van der Waals surface area contributed by atoms with Crippen molar-refractivity contribution >= 4 is 0 Å². The second kappa shape index (κ2) is 7.07. The highest BCUT2D eigenvalue weighted by Gasteiger charge is 2.17. The van der Waals surface area contributed by atoms with E-state index in [0.29, 0.717) is 0 Å². The molecule has 0 amide bonds. The molecule has 1 fully saturated rings. The molecule has 1 aromatic rings. The molecule has 1 heterocycles. The number of ether oxygens (including phenoxy) is 1. The standard InChI is InChI=1S/C16H26N2O2/c1-13-11-16(20-3)14(2)10-15(13)12-18-6-4-17(5-7-18)8-9-19/h10-11,19H,4-9,12H2,1-3H3. The van der Waals surface area contributed by atoms with Crippen molar-refractivity contribution in [2.24, 2.45) is 0 Å². The monoisotopic (exact) mass is 278 g/mol. The third-order valence-electron chi connectivity index (χ3n) is 4.13. The number of hydrogen-bond donors (Lipinski definition) is 1. The fourth-order valence-electron chi connectivity index (χ4n) is 2.79. The third kappa shape index (κ3) is 3.72. The predicted octanol–water partition coefficient (Wildman–Crippen LogP) is 1.42. The highest BCUT2D eigenvalue weighted by atomic mass is 16.5. The van der Waals surface area contributed by atoms with Gasteiger partial charge < -0.3 is 9.84 Å². The maximum absolute atomic E-state index is 8.97. The number of methoxy groups -OCH3 is 1. The third-order valence-corrected chi connectivity index (χ3v) is 4.13. The fraction of sp³-hybridized carbons (Fsp3) is 0.625. The summed E-state index contributed by atoms with van der Waals surface area (Å²) in [6, 6.07) is 4.38. The van der Waals surface area contributed by atoms with Gasteiger partial charge in [-0.2, -0.15) is 0 Å². The number of benzene rings is 1. The maximum atomic E-state index is 8.97. The lowest BCUT2D eigenvalue weighted by Gasteiger charge is -2.34. The lowest BCUT2D eigenvalue weighted by atomic mass is 10.0. The van der Waals surface area contributed by atoms with Crippen LogP contribution >= 0.6 is 0 Å². The summed E-state index contributed by atoms with van der Waals surface area (Å²) >= 11 is 0. The van der Waals surface area contributed by atoms with Gasteiger partial charge in [0.2, 0.25) is 0 Å². The Morgan fingerprint density at radius 3 is 2.30 bits per heavy atom. The number of nitrogens with zero attached hydrogens (tertiary/aromatic N) is 2. The molecule has 0 saturated carbocycles. The van der Waals surface area contributed by atoms with E-state index in [1.807, 2.05) is 0 Å². The molecule has 1 N–H and O–H groups in total. The molecule has 0 radical (unpaired) electrons. The first-order valence-electron chi connectivity index (χ1n) is 7.33. The molecule has 1 aliphatic rings. The number of hydrogen-bond acceptors (Lipinski definition) is 4. The number of β-amino-alcohol motifs (C(OH)–C–C–N with tert-alkyl or cyclic N) is 1. The highest BCUT2D eigenvalue weighted by molar-refractivity contribution is 5.41. The molecule has 0 unspecified atom stereocenters. The minimum atomic E-state index is 0.261. The van der Waals surface area contributed by atoms with Gasteiger partial charge in [0.15, 0.2) is 0 Å². The zero-order chi connectivity index (χ0) is 14.5. The van der Waals surface area contributed by atoms with Crippen LogP contribution in [0.15, 0.2) is 12.1 Å². The Balaban J connectivity index is 1.96. The van der Waals surface area contributed by atoms with Gasteiger partial charge in [-0.05, 0) is 36.6 Å². The van der Waals surface area contributed by atoms with Crippen LogP contribution in [0, 0.1) is 13.8 Å². The Bertz CT molecular complexity index is 440. The smallest absolute Gasteiger partial charge is 0.122 e. The topological polar surface area (TPSA) is 35.9 Å². The molecule has 1 aliphatic heterocycles. The van der Waals surface area contributed by atoms with Gasteiger partial charge in [-0.15, -0.1) is 0 Å². The number of rotatable bonds is 5. The van der Waals surface area contributed by atoms with Crippen LogP contribution in [0.3, 0.4) is 0 Å². The second-order valence-corrected chi connectivity index (χ2v) is 5.59. The second-order valence-electron chi connectivity index (χ2n) is 5.59. The number of aryl methyl sites for hydroxylation is 2. The number of aliphatic hydroxyl groups excluding tert-OH is 1. The van der Waals surface area contributed by atoms with Crippen LogP contribution in [0.5, 0.6) is 5.75 Å². The van der Waals surface area contributed by atoms with Gasteiger partial charge in [0.1, 0.15) is 5.75 Å². The van der Waals surface area contributed by atoms with Crippen molar-refractivity contribution in [2.45, 2.75) is 20.4 Å². The normalized spacial score (nSPS) is 17.4. The van der Waals surface area contributed by atoms with Crippen LogP contribution < -0.4 is 4.74 Å². The average Bonchev–Trinajstić information content (AvgIpc) is 2.45. The molecule has 20 heavy (non-hydrogen) atoms. The van der Waals surface area contributed by atoms with E-state index in [2.05, 4.69) is 35.8 Å². The molecule has 4 nitrogen and oxygen atoms in total. The molecule has 0 atom stereocenters. The van der Waals surface area contributed by atoms with E-state index < -0.39 is 0 Å². The van der Waals surface area contributed by atoms with Crippen molar-refractivity contribution in [1.82, 2.24) is 9.80 Å². The molecule has 0 bridgehead atoms. The summed E-state index contributed by atoms with van der Waals surface area (Å²) < 4.78 is 5.37. The van der Waals surface area contributed by atoms with Gasteiger partial charge in [0.25, 0.3) is 0 Å². The first kappa shape index (κ1) is 15.3. The van der Waals surface area contributed by atoms with E-state index in [4.69, 9.17) is 9.84 Å². The van der Waals surface area contributed by atoms with Gasteiger partial charge in [-0.1, -0.05) is 6.07 Å². The molecule has 0 spiro atoms. The molecule has 1 aromatic carbocycles. The lowest BCUT2D eigenvalue weighted by Crippen LogP contribution is -2.46. The van der Waals surface area contributed by atoms with E-state index in [0.717, 1.165) is 45.0 Å². The minimum Gasteiger partial charge on any atom is -0.496 e. The van der Waals surface area contributed by atoms with Crippen LogP contribution in [-0.4, -0.2) is 61.3 Å². The van der Waals surface area contributed by atoms with Gasteiger partial charge >= 0.3 is 0 Å². The van der Waals surface area contributed by atoms with Gasteiger partial charge in [0, 0.05) is 39.3 Å². The van der Waals surface area contributed by atoms with Crippen LogP contribution in [0.1, 0.15) is 16.7 Å². The van der Waals surface area contributed by atoms with E-state index in [9.17, 15) is 0 Å². The molecular weight excluding hydrogens is 252 g/mol. The fourth-order valence-corrected chi connectivity index (χ4v) is 2.79. The molecule has 0 aliphatic carbocycles. The Morgan fingerprint density at radius 2 is 1.70 bits per heavy atom. The van der Waals surface area contributed by atoms with E-state index in [-0.39, 0.29) is 6.61 Å². The minimum absolute atomic E-state index is 0.261. The summed E-state index contributed by atoms with van der Waals surface area (Å²) in [6.07, 6.45) is 0. The molecule has 0 aromatic heterocycles. The summed E-state index contributed by atoms with van der Waals surface area (Å²) in [5, 5.41) is 8.97. The molecule has 112 valence electrons. The average molecular weight is 278 g/mol. The molecule has 4 heteroatoms. The molecule has 1 saturated heterocycles. The van der Waals surface area contributed by atoms with Crippen LogP contribution in [0.25, 0.3) is 0 Å². The van der Waals surface area contributed by atoms with Crippen molar-refractivity contribution in [2.75, 3.05) is 46.4 Å². The summed E-state index contributed by atoms with van der Waals surface area (Å²) in [5.74, 6) is 0.971. The van der Waals surface area contributed by atoms with Gasteiger partial charge in [-0.25, -0.2) is 0 Å². The van der Waals surface area contributed by atoms with Crippen LogP contribution in [0.4, 0.5) is 0 Å². The quantitative estimate of drug-likeness (QED) is 0.884. The van der Waals surface area contributed by atoms with E-state index >= 15 is 0 Å². The zero-order valence-electron chi connectivity index (χ0n) is 12.9. The summed E-state index contributed by atoms with van der Waals surface area (Å²) in [5.41, 5.74) is 3.89. The largest absolute Gasteiger partial charge is 0.496 e. The van der Waals surface area contributed by atoms with Crippen molar-refractivity contribution < 1.29 is 9.84 Å². The lowest BCUT2D eigenvalue weighted by molar-refractivity contribution is 0.108. The van der Waals surface area contributed by atoms with Crippen molar-refractivity contribution in [3.8, 4) is 5.75 Å². The van der Waals surface area contributed by atoms with Crippen molar-refractivity contribution in [3.05, 3.63) is 28.8 Å². The van der Waals surface area contributed by atoms with Crippen molar-refractivity contribution in [1.29, 1.82) is 0 Å². The Kier molecular flexibility index (Phi) is 5.40. The Labute approximate surface area is 122 Å². The van der Waals surface area contributed by atoms with Crippen molar-refractivity contribution in [3.63, 3.8) is 0 Å². The maximum Gasteiger partial charge on any atom is 0.122 e. The first-order chi connectivity index (χ1) is 9.63. The van der Waals surface area contributed by atoms with E-state index in [1.54, 1.807) is 7.11 Å². The summed E-state index contributed by atoms with van der Waals surface area (Å²) in [6.45, 7) is 10.6. The SMILES string of the molecule is COc1cc(C)c(CN2CCN(CCO)CC2)cc1C. The Hall–Kier alpha value is -1.10.